The highest BCUT2D eigenvalue weighted by molar-refractivity contribution is 7.89. The molecule has 2 N–H and O–H groups in total. The lowest BCUT2D eigenvalue weighted by Crippen LogP contribution is -2.45. The molecule has 122 valence electrons. The molecular formula is C15H22ClN3O2S. The zero-order valence-electron chi connectivity index (χ0n) is 12.8. The van der Waals surface area contributed by atoms with E-state index in [1.165, 1.54) is 0 Å². The average Bonchev–Trinajstić information content (AvgIpc) is 2.72. The van der Waals surface area contributed by atoms with Gasteiger partial charge in [0.05, 0.1) is 0 Å². The van der Waals surface area contributed by atoms with Crippen LogP contribution in [0.4, 0.5) is 0 Å². The maximum absolute atomic E-state index is 12.8. The maximum atomic E-state index is 12.8. The quantitative estimate of drug-likeness (QED) is 0.895. The van der Waals surface area contributed by atoms with Gasteiger partial charge < -0.3 is 9.88 Å². The second-order valence-electron chi connectivity index (χ2n) is 5.66. The minimum absolute atomic E-state index is 0. The van der Waals surface area contributed by atoms with Crippen molar-refractivity contribution >= 4 is 33.3 Å². The molecule has 5 nitrogen and oxygen atoms in total. The molecule has 1 atom stereocenters. The standard InChI is InChI=1S/C15H21N3O2S.ClH/c1-11-15(13-7-3-4-8-14(13)18(11)2)21(19,20)17-12-6-5-9-16-10-12;/h3-4,7-8,12,16-17H,5-6,9-10H2,1-2H3;1H. The summed E-state index contributed by atoms with van der Waals surface area (Å²) >= 11 is 0. The van der Waals surface area contributed by atoms with Crippen molar-refractivity contribution in [2.45, 2.75) is 30.7 Å². The van der Waals surface area contributed by atoms with Crippen LogP contribution in [0.5, 0.6) is 0 Å². The Balaban J connectivity index is 0.00000176. The number of aryl methyl sites for hydroxylation is 1. The summed E-state index contributed by atoms with van der Waals surface area (Å²) in [5, 5.41) is 4.02. The van der Waals surface area contributed by atoms with Gasteiger partial charge in [-0.1, -0.05) is 18.2 Å². The number of benzene rings is 1. The van der Waals surface area contributed by atoms with Crippen LogP contribution in [-0.4, -0.2) is 32.1 Å². The monoisotopic (exact) mass is 343 g/mol. The Morgan fingerprint density at radius 3 is 2.73 bits per heavy atom. The molecule has 2 heterocycles. The molecule has 1 aliphatic heterocycles. The first-order valence-electron chi connectivity index (χ1n) is 7.28. The second-order valence-corrected chi connectivity index (χ2v) is 7.31. The first-order chi connectivity index (χ1) is 10.0. The summed E-state index contributed by atoms with van der Waals surface area (Å²) in [6.45, 7) is 3.52. The Morgan fingerprint density at radius 2 is 2.05 bits per heavy atom. The molecule has 0 saturated carbocycles. The normalized spacial score (nSPS) is 19.1. The van der Waals surface area contributed by atoms with E-state index in [0.717, 1.165) is 36.0 Å². The average molecular weight is 344 g/mol. The van der Waals surface area contributed by atoms with Gasteiger partial charge in [-0.15, -0.1) is 12.4 Å². The number of halogens is 1. The molecule has 0 radical (unpaired) electrons. The van der Waals surface area contributed by atoms with E-state index < -0.39 is 10.0 Å². The van der Waals surface area contributed by atoms with Gasteiger partial charge in [-0.05, 0) is 32.4 Å². The van der Waals surface area contributed by atoms with Crippen molar-refractivity contribution in [3.05, 3.63) is 30.0 Å². The second kappa shape index (κ2) is 6.58. The van der Waals surface area contributed by atoms with E-state index in [1.54, 1.807) is 0 Å². The zero-order valence-corrected chi connectivity index (χ0v) is 14.4. The molecule has 1 aromatic heterocycles. The van der Waals surface area contributed by atoms with Crippen molar-refractivity contribution in [3.8, 4) is 0 Å². The van der Waals surface area contributed by atoms with Crippen LogP contribution in [0.1, 0.15) is 18.5 Å². The summed E-state index contributed by atoms with van der Waals surface area (Å²) in [5.41, 5.74) is 1.71. The van der Waals surface area contributed by atoms with Crippen molar-refractivity contribution in [3.63, 3.8) is 0 Å². The number of aromatic nitrogens is 1. The summed E-state index contributed by atoms with van der Waals surface area (Å²) in [6.07, 6.45) is 1.89. The van der Waals surface area contributed by atoms with Crippen molar-refractivity contribution < 1.29 is 8.42 Å². The third-order valence-electron chi connectivity index (χ3n) is 4.23. The van der Waals surface area contributed by atoms with Gasteiger partial charge in [-0.2, -0.15) is 0 Å². The smallest absolute Gasteiger partial charge is 0.243 e. The number of sulfonamides is 1. The highest BCUT2D eigenvalue weighted by Crippen LogP contribution is 2.29. The summed E-state index contributed by atoms with van der Waals surface area (Å²) in [5.74, 6) is 0. The minimum Gasteiger partial charge on any atom is -0.347 e. The molecule has 1 aromatic carbocycles. The van der Waals surface area contributed by atoms with Crippen LogP contribution in [0.2, 0.25) is 0 Å². The van der Waals surface area contributed by atoms with E-state index >= 15 is 0 Å². The van der Waals surface area contributed by atoms with Crippen molar-refractivity contribution in [1.29, 1.82) is 0 Å². The molecule has 0 bridgehead atoms. The summed E-state index contributed by atoms with van der Waals surface area (Å²) in [4.78, 5) is 0.408. The van der Waals surface area contributed by atoms with Crippen molar-refractivity contribution in [2.24, 2.45) is 7.05 Å². The Bertz CT molecular complexity index is 764. The highest BCUT2D eigenvalue weighted by atomic mass is 35.5. The van der Waals surface area contributed by atoms with Crippen LogP contribution in [0.15, 0.2) is 29.2 Å². The molecule has 1 fully saturated rings. The van der Waals surface area contributed by atoms with Gasteiger partial charge in [0.1, 0.15) is 4.90 Å². The van der Waals surface area contributed by atoms with E-state index in [4.69, 9.17) is 0 Å². The number of hydrogen-bond acceptors (Lipinski definition) is 3. The van der Waals surface area contributed by atoms with Gasteiger partial charge in [0.25, 0.3) is 0 Å². The number of rotatable bonds is 3. The van der Waals surface area contributed by atoms with E-state index in [-0.39, 0.29) is 18.4 Å². The predicted molar refractivity (Wildman–Crippen MR) is 91.1 cm³/mol. The van der Waals surface area contributed by atoms with E-state index in [9.17, 15) is 8.42 Å². The fraction of sp³-hybridized carbons (Fsp3) is 0.467. The first-order valence-corrected chi connectivity index (χ1v) is 8.76. The third-order valence-corrected chi connectivity index (χ3v) is 5.93. The van der Waals surface area contributed by atoms with Crippen LogP contribution in [0.25, 0.3) is 10.9 Å². The number of hydrogen-bond donors (Lipinski definition) is 2. The third kappa shape index (κ3) is 3.01. The molecule has 3 rings (SSSR count). The van der Waals surface area contributed by atoms with Crippen LogP contribution in [0, 0.1) is 6.92 Å². The SMILES string of the molecule is Cc1c(S(=O)(=O)NC2CCCNC2)c2ccccc2n1C.Cl. The fourth-order valence-electron chi connectivity index (χ4n) is 3.06. The molecular weight excluding hydrogens is 322 g/mol. The number of piperidine rings is 1. The Morgan fingerprint density at radius 1 is 1.32 bits per heavy atom. The molecule has 0 spiro atoms. The summed E-state index contributed by atoms with van der Waals surface area (Å²) in [6, 6.07) is 7.60. The summed E-state index contributed by atoms with van der Waals surface area (Å²) < 4.78 is 30.4. The highest BCUT2D eigenvalue weighted by Gasteiger charge is 2.27. The first kappa shape index (κ1) is 17.3. The largest absolute Gasteiger partial charge is 0.347 e. The Labute approximate surface area is 137 Å². The van der Waals surface area contributed by atoms with Gasteiger partial charge in [-0.25, -0.2) is 13.1 Å². The lowest BCUT2D eigenvalue weighted by Gasteiger charge is -2.23. The zero-order chi connectivity index (χ0) is 15.0. The molecule has 1 saturated heterocycles. The van der Waals surface area contributed by atoms with Crippen LogP contribution >= 0.6 is 12.4 Å². The predicted octanol–water partition coefficient (Wildman–Crippen LogP) is 1.94. The van der Waals surface area contributed by atoms with E-state index in [1.807, 2.05) is 42.8 Å². The summed E-state index contributed by atoms with van der Waals surface area (Å²) in [7, 11) is -1.61. The van der Waals surface area contributed by atoms with E-state index in [2.05, 4.69) is 10.0 Å². The molecule has 1 unspecified atom stereocenters. The molecule has 0 aliphatic carbocycles. The maximum Gasteiger partial charge on any atom is 0.243 e. The molecule has 7 heteroatoms. The number of fused-ring (bicyclic) bond motifs is 1. The Kier molecular flexibility index (Phi) is 5.17. The van der Waals surface area contributed by atoms with Gasteiger partial charge in [0.2, 0.25) is 10.0 Å². The van der Waals surface area contributed by atoms with Crippen molar-refractivity contribution in [1.82, 2.24) is 14.6 Å². The Hall–Kier alpha value is -1.08. The fourth-order valence-corrected chi connectivity index (χ4v) is 4.80. The van der Waals surface area contributed by atoms with Gasteiger partial charge in [0.15, 0.2) is 0 Å². The van der Waals surface area contributed by atoms with Gasteiger partial charge in [0, 0.05) is 36.2 Å². The number of para-hydroxylation sites is 1. The molecule has 2 aromatic rings. The van der Waals surface area contributed by atoms with Gasteiger partial charge >= 0.3 is 0 Å². The lowest BCUT2D eigenvalue weighted by molar-refractivity contribution is 0.428. The number of nitrogens with one attached hydrogen (secondary N) is 2. The molecule has 1 aliphatic rings. The molecule has 0 amide bonds. The topological polar surface area (TPSA) is 63.1 Å². The van der Waals surface area contributed by atoms with Crippen LogP contribution in [-0.2, 0) is 17.1 Å². The molecule has 22 heavy (non-hydrogen) atoms. The number of nitrogens with zero attached hydrogens (tertiary/aromatic N) is 1. The van der Waals surface area contributed by atoms with Crippen LogP contribution < -0.4 is 10.0 Å². The van der Waals surface area contributed by atoms with E-state index in [0.29, 0.717) is 11.4 Å². The minimum atomic E-state index is -3.51. The van der Waals surface area contributed by atoms with Crippen molar-refractivity contribution in [2.75, 3.05) is 13.1 Å². The van der Waals surface area contributed by atoms with Gasteiger partial charge in [-0.3, -0.25) is 0 Å². The van der Waals surface area contributed by atoms with Crippen LogP contribution in [0.3, 0.4) is 0 Å². The lowest BCUT2D eigenvalue weighted by atomic mass is 10.1.